The highest BCUT2D eigenvalue weighted by Crippen LogP contribution is 1.94. The van der Waals surface area contributed by atoms with E-state index in [-0.39, 0.29) is 0 Å². The fraction of sp³-hybridized carbons (Fsp3) is 0.400. The maximum Gasteiger partial charge on any atom is 0.0827 e. The predicted molar refractivity (Wildman–Crippen MR) is 54.2 cm³/mol. The van der Waals surface area contributed by atoms with Gasteiger partial charge in [-0.3, -0.25) is 0 Å². The van der Waals surface area contributed by atoms with E-state index >= 15 is 0 Å². The van der Waals surface area contributed by atoms with Gasteiger partial charge in [-0.05, 0) is 24.6 Å². The first-order valence-electron chi connectivity index (χ1n) is 3.81. The molecule has 0 amide bonds. The van der Waals surface area contributed by atoms with E-state index in [4.69, 9.17) is 14.6 Å². The van der Waals surface area contributed by atoms with Gasteiger partial charge in [0, 0.05) is 7.11 Å². The molecule has 3 nitrogen and oxygen atoms in total. The van der Waals surface area contributed by atoms with Gasteiger partial charge >= 0.3 is 0 Å². The normalized spacial score (nSPS) is 11.3. The molecule has 13 heavy (non-hydrogen) atoms. The lowest BCUT2D eigenvalue weighted by Gasteiger charge is -1.88. The average Bonchev–Trinajstić information content (AvgIpc) is 2.18. The minimum atomic E-state index is 1.00. The highest BCUT2D eigenvalue weighted by Gasteiger charge is 1.76. The zero-order chi connectivity index (χ0) is 10.5. The molecule has 3 heteroatoms. The van der Waals surface area contributed by atoms with Gasteiger partial charge in [0.1, 0.15) is 0 Å². The second-order valence-electron chi connectivity index (χ2n) is 2.01. The summed E-state index contributed by atoms with van der Waals surface area (Å²) < 4.78 is 9.46. The second kappa shape index (κ2) is 13.4. The van der Waals surface area contributed by atoms with Crippen LogP contribution >= 0.6 is 0 Å². The molecule has 0 saturated heterocycles. The van der Waals surface area contributed by atoms with E-state index in [1.807, 2.05) is 25.2 Å². The van der Waals surface area contributed by atoms with Gasteiger partial charge in [-0.25, -0.2) is 0 Å². The number of aliphatic hydroxyl groups is 1. The zero-order valence-electron chi connectivity index (χ0n) is 8.65. The van der Waals surface area contributed by atoms with Crippen molar-refractivity contribution in [1.82, 2.24) is 0 Å². The predicted octanol–water partition coefficient (Wildman–Crippen LogP) is 1.86. The summed E-state index contributed by atoms with van der Waals surface area (Å²) in [7, 11) is 4.24. The molecule has 0 aliphatic rings. The van der Waals surface area contributed by atoms with Crippen LogP contribution in [0.5, 0.6) is 0 Å². The molecule has 0 saturated carbocycles. The Kier molecular flexibility index (Phi) is 14.7. The summed E-state index contributed by atoms with van der Waals surface area (Å²) in [6.07, 6.45) is 8.88. The van der Waals surface area contributed by atoms with Crippen LogP contribution in [0, 0.1) is 0 Å². The molecule has 76 valence electrons. The van der Waals surface area contributed by atoms with Crippen molar-refractivity contribution < 1.29 is 14.6 Å². The molecule has 0 fully saturated rings. The van der Waals surface area contributed by atoms with E-state index in [0.717, 1.165) is 12.7 Å². The third kappa shape index (κ3) is 13.7. The van der Waals surface area contributed by atoms with E-state index in [2.05, 4.69) is 0 Å². The summed E-state index contributed by atoms with van der Waals surface area (Å²) >= 11 is 0. The molecule has 0 radical (unpaired) electrons. The van der Waals surface area contributed by atoms with Crippen LogP contribution in [0.4, 0.5) is 0 Å². The van der Waals surface area contributed by atoms with Crippen LogP contribution in [0.25, 0.3) is 0 Å². The molecule has 0 rings (SSSR count). The van der Waals surface area contributed by atoms with Gasteiger partial charge in [0.15, 0.2) is 0 Å². The van der Waals surface area contributed by atoms with E-state index in [9.17, 15) is 0 Å². The third-order valence-electron chi connectivity index (χ3n) is 1.04. The maximum absolute atomic E-state index is 7.00. The highest BCUT2D eigenvalue weighted by atomic mass is 16.5. The van der Waals surface area contributed by atoms with Crippen LogP contribution in [0.1, 0.15) is 6.92 Å². The number of methoxy groups -OCH3 is 2. The minimum absolute atomic E-state index is 1.00. The molecule has 0 atom stereocenters. The first-order valence-corrected chi connectivity index (χ1v) is 3.81. The topological polar surface area (TPSA) is 38.7 Å². The fourth-order valence-corrected chi connectivity index (χ4v) is 0.501. The first-order chi connectivity index (χ1) is 6.31. The number of rotatable bonds is 4. The lowest BCUT2D eigenvalue weighted by atomic mass is 10.3. The van der Waals surface area contributed by atoms with Crippen molar-refractivity contribution >= 4 is 0 Å². The summed E-state index contributed by atoms with van der Waals surface area (Å²) in [5.41, 5.74) is 1.11. The molecule has 0 aliphatic heterocycles. The molecule has 0 spiro atoms. The smallest absolute Gasteiger partial charge is 0.0827 e. The molecule has 0 aliphatic carbocycles. The van der Waals surface area contributed by atoms with Gasteiger partial charge in [0.25, 0.3) is 0 Å². The van der Waals surface area contributed by atoms with Crippen molar-refractivity contribution in [3.8, 4) is 0 Å². The number of aliphatic hydroxyl groups excluding tert-OH is 1. The summed E-state index contributed by atoms with van der Waals surface area (Å²) in [5, 5.41) is 7.00. The summed E-state index contributed by atoms with van der Waals surface area (Å²) in [4.78, 5) is 0. The lowest BCUT2D eigenvalue weighted by molar-refractivity contribution is 0.337. The summed E-state index contributed by atoms with van der Waals surface area (Å²) in [5.74, 6) is 0. The summed E-state index contributed by atoms with van der Waals surface area (Å²) in [6, 6.07) is 0. The van der Waals surface area contributed by atoms with Gasteiger partial charge in [0.2, 0.25) is 0 Å². The van der Waals surface area contributed by atoms with Crippen LogP contribution in [0.2, 0.25) is 0 Å². The van der Waals surface area contributed by atoms with Crippen LogP contribution in [0.3, 0.4) is 0 Å². The van der Waals surface area contributed by atoms with Crippen molar-refractivity contribution in [3.05, 3.63) is 36.3 Å². The highest BCUT2D eigenvalue weighted by molar-refractivity contribution is 5.19. The standard InChI is InChI=1S/C9H14O2.CH4O/c1-9(6-8-11-3)5-4-7-10-2;1-2/h4-8H,1-3H3;2H,1H3/b7-4+,8-6+,9-5-;. The fourth-order valence-electron chi connectivity index (χ4n) is 0.501. The van der Waals surface area contributed by atoms with Crippen LogP contribution in [-0.4, -0.2) is 26.4 Å². The van der Waals surface area contributed by atoms with E-state index in [1.165, 1.54) is 0 Å². The minimum Gasteiger partial charge on any atom is -0.504 e. The van der Waals surface area contributed by atoms with Crippen molar-refractivity contribution in [1.29, 1.82) is 0 Å². The van der Waals surface area contributed by atoms with Gasteiger partial charge in [-0.2, -0.15) is 0 Å². The SMILES string of the molecule is CO.CO/C=C/C=C(C)\C=C\OC. The van der Waals surface area contributed by atoms with Gasteiger partial charge < -0.3 is 14.6 Å². The largest absolute Gasteiger partial charge is 0.504 e. The number of allylic oxidation sites excluding steroid dienone is 4. The van der Waals surface area contributed by atoms with Crippen molar-refractivity contribution in [2.45, 2.75) is 6.92 Å². The molecule has 0 unspecified atom stereocenters. The Balaban J connectivity index is 0. The molecule has 0 bridgehead atoms. The average molecular weight is 186 g/mol. The monoisotopic (exact) mass is 186 g/mol. The van der Waals surface area contributed by atoms with Crippen LogP contribution < -0.4 is 0 Å². The second-order valence-corrected chi connectivity index (χ2v) is 2.01. The first kappa shape index (κ1) is 14.3. The number of ether oxygens (including phenoxy) is 2. The Labute approximate surface area is 80.0 Å². The Morgan fingerprint density at radius 2 is 1.62 bits per heavy atom. The van der Waals surface area contributed by atoms with E-state index in [0.29, 0.717) is 0 Å². The molecule has 0 aromatic rings. The van der Waals surface area contributed by atoms with Crippen molar-refractivity contribution in [3.63, 3.8) is 0 Å². The van der Waals surface area contributed by atoms with Gasteiger partial charge in [-0.15, -0.1) is 0 Å². The number of hydrogen-bond acceptors (Lipinski definition) is 3. The molecular formula is C10H18O3. The molecule has 0 heterocycles. The van der Waals surface area contributed by atoms with Crippen LogP contribution in [0.15, 0.2) is 36.3 Å². The molecule has 1 N–H and O–H groups in total. The Morgan fingerprint density at radius 1 is 1.08 bits per heavy atom. The number of hydrogen-bond donors (Lipinski definition) is 1. The van der Waals surface area contributed by atoms with Crippen LogP contribution in [-0.2, 0) is 9.47 Å². The Morgan fingerprint density at radius 3 is 2.08 bits per heavy atom. The Bertz CT molecular complexity index is 169. The third-order valence-corrected chi connectivity index (χ3v) is 1.04. The van der Waals surface area contributed by atoms with Gasteiger partial charge in [0.05, 0.1) is 26.7 Å². The van der Waals surface area contributed by atoms with E-state index in [1.54, 1.807) is 26.7 Å². The van der Waals surface area contributed by atoms with Gasteiger partial charge in [-0.1, -0.05) is 6.08 Å². The quantitative estimate of drug-likeness (QED) is 0.538. The molecule has 0 aromatic carbocycles. The Hall–Kier alpha value is -1.22. The molecule has 0 aromatic heterocycles. The van der Waals surface area contributed by atoms with Crippen molar-refractivity contribution in [2.24, 2.45) is 0 Å². The van der Waals surface area contributed by atoms with Crippen molar-refractivity contribution in [2.75, 3.05) is 21.3 Å². The van der Waals surface area contributed by atoms with E-state index < -0.39 is 0 Å². The molecular weight excluding hydrogens is 168 g/mol. The summed E-state index contributed by atoms with van der Waals surface area (Å²) in [6.45, 7) is 1.98. The zero-order valence-corrected chi connectivity index (χ0v) is 8.65. The maximum atomic E-state index is 7.00. The lowest BCUT2D eigenvalue weighted by Crippen LogP contribution is -1.69.